The highest BCUT2D eigenvalue weighted by atomic mass is 19.1. The van der Waals surface area contributed by atoms with Gasteiger partial charge in [-0.2, -0.15) is 0 Å². The highest BCUT2D eigenvalue weighted by Gasteiger charge is 2.18. The molecule has 0 spiro atoms. The predicted octanol–water partition coefficient (Wildman–Crippen LogP) is 2.90. The van der Waals surface area contributed by atoms with Gasteiger partial charge in [-0.05, 0) is 43.9 Å². The lowest BCUT2D eigenvalue weighted by molar-refractivity contribution is 0.310. The summed E-state index contributed by atoms with van der Waals surface area (Å²) in [4.78, 5) is 0. The van der Waals surface area contributed by atoms with E-state index in [9.17, 15) is 4.39 Å². The van der Waals surface area contributed by atoms with E-state index < -0.39 is 0 Å². The Balaban J connectivity index is 1.82. The van der Waals surface area contributed by atoms with Crippen LogP contribution in [0.1, 0.15) is 31.7 Å². The maximum atomic E-state index is 12.7. The van der Waals surface area contributed by atoms with Gasteiger partial charge < -0.3 is 5.32 Å². The normalized spacial score (nSPS) is 18.5. The summed E-state index contributed by atoms with van der Waals surface area (Å²) in [7, 11) is 0. The number of benzene rings is 1. The van der Waals surface area contributed by atoms with Crippen molar-refractivity contribution in [3.05, 3.63) is 35.6 Å². The van der Waals surface area contributed by atoms with Gasteiger partial charge in [0.25, 0.3) is 0 Å². The molecule has 1 aliphatic rings. The van der Waals surface area contributed by atoms with Crippen LogP contribution < -0.4 is 5.32 Å². The van der Waals surface area contributed by atoms with Gasteiger partial charge in [0.15, 0.2) is 0 Å². The van der Waals surface area contributed by atoms with Crippen LogP contribution in [0.4, 0.5) is 4.39 Å². The molecule has 2 heteroatoms. The summed E-state index contributed by atoms with van der Waals surface area (Å²) in [5.74, 6) is -0.154. The Morgan fingerprint density at radius 3 is 2.53 bits per heavy atom. The van der Waals surface area contributed by atoms with Crippen molar-refractivity contribution in [2.75, 3.05) is 0 Å². The second-order valence-corrected chi connectivity index (χ2v) is 4.53. The fourth-order valence-electron chi connectivity index (χ4n) is 2.01. The number of rotatable bonds is 4. The molecule has 1 unspecified atom stereocenters. The minimum absolute atomic E-state index is 0.154. The predicted molar refractivity (Wildman–Crippen MR) is 60.3 cm³/mol. The van der Waals surface area contributed by atoms with E-state index in [1.165, 1.54) is 37.0 Å². The van der Waals surface area contributed by atoms with Crippen LogP contribution in [0.5, 0.6) is 0 Å². The molecule has 82 valence electrons. The molecule has 1 atom stereocenters. The Bertz CT molecular complexity index is 303. The zero-order chi connectivity index (χ0) is 10.7. The summed E-state index contributed by atoms with van der Waals surface area (Å²) >= 11 is 0. The molecule has 2 rings (SSSR count). The lowest BCUT2D eigenvalue weighted by atomic mass is 9.92. The van der Waals surface area contributed by atoms with Gasteiger partial charge in [-0.15, -0.1) is 0 Å². The van der Waals surface area contributed by atoms with Crippen LogP contribution >= 0.6 is 0 Å². The fraction of sp³-hybridized carbons (Fsp3) is 0.538. The first kappa shape index (κ1) is 10.6. The van der Waals surface area contributed by atoms with Crippen LogP contribution in [-0.4, -0.2) is 12.1 Å². The topological polar surface area (TPSA) is 12.0 Å². The van der Waals surface area contributed by atoms with Crippen molar-refractivity contribution in [3.8, 4) is 0 Å². The molecule has 0 amide bonds. The number of halogens is 1. The lowest BCUT2D eigenvalue weighted by Crippen LogP contribution is -2.41. The molecule has 0 aromatic heterocycles. The van der Waals surface area contributed by atoms with E-state index in [-0.39, 0.29) is 5.82 Å². The quantitative estimate of drug-likeness (QED) is 0.800. The molecule has 0 bridgehead atoms. The van der Waals surface area contributed by atoms with Crippen LogP contribution in [0, 0.1) is 5.82 Å². The maximum Gasteiger partial charge on any atom is 0.123 e. The second-order valence-electron chi connectivity index (χ2n) is 4.53. The average Bonchev–Trinajstić information content (AvgIpc) is 2.16. The summed E-state index contributed by atoms with van der Waals surface area (Å²) in [6.45, 7) is 2.20. The highest BCUT2D eigenvalue weighted by Crippen LogP contribution is 2.19. The second kappa shape index (κ2) is 4.75. The average molecular weight is 207 g/mol. The van der Waals surface area contributed by atoms with Gasteiger partial charge in [0, 0.05) is 12.1 Å². The van der Waals surface area contributed by atoms with Crippen LogP contribution in [-0.2, 0) is 6.42 Å². The molecule has 0 heterocycles. The van der Waals surface area contributed by atoms with E-state index in [1.807, 2.05) is 12.1 Å². The van der Waals surface area contributed by atoms with Crippen molar-refractivity contribution in [2.45, 2.75) is 44.7 Å². The first-order chi connectivity index (χ1) is 7.24. The van der Waals surface area contributed by atoms with Gasteiger partial charge in [0.2, 0.25) is 0 Å². The van der Waals surface area contributed by atoms with E-state index in [0.717, 1.165) is 12.5 Å². The summed E-state index contributed by atoms with van der Waals surface area (Å²) in [5, 5.41) is 3.59. The zero-order valence-corrected chi connectivity index (χ0v) is 9.17. The number of hydrogen-bond donors (Lipinski definition) is 1. The molecule has 1 saturated carbocycles. The highest BCUT2D eigenvalue weighted by molar-refractivity contribution is 5.17. The van der Waals surface area contributed by atoms with Crippen molar-refractivity contribution in [1.29, 1.82) is 0 Å². The monoisotopic (exact) mass is 207 g/mol. The first-order valence-corrected chi connectivity index (χ1v) is 5.74. The fourth-order valence-corrected chi connectivity index (χ4v) is 2.01. The molecule has 0 saturated heterocycles. The minimum Gasteiger partial charge on any atom is -0.311 e. The molecule has 1 aliphatic carbocycles. The maximum absolute atomic E-state index is 12.7. The molecule has 1 nitrogen and oxygen atoms in total. The standard InChI is InChI=1S/C13H18FN/c1-10(15-13-3-2-4-13)9-11-5-7-12(14)8-6-11/h5-8,10,13,15H,2-4,9H2,1H3. The van der Waals surface area contributed by atoms with Gasteiger partial charge in [-0.1, -0.05) is 18.6 Å². The van der Waals surface area contributed by atoms with E-state index in [2.05, 4.69) is 12.2 Å². The van der Waals surface area contributed by atoms with Crippen molar-refractivity contribution in [3.63, 3.8) is 0 Å². The molecule has 1 aromatic rings. The number of nitrogens with one attached hydrogen (secondary N) is 1. The number of hydrogen-bond acceptors (Lipinski definition) is 1. The van der Waals surface area contributed by atoms with Crippen LogP contribution in [0.15, 0.2) is 24.3 Å². The molecule has 15 heavy (non-hydrogen) atoms. The Morgan fingerprint density at radius 1 is 1.33 bits per heavy atom. The Labute approximate surface area is 90.7 Å². The Morgan fingerprint density at radius 2 is 2.00 bits per heavy atom. The van der Waals surface area contributed by atoms with E-state index >= 15 is 0 Å². The Hall–Kier alpha value is -0.890. The van der Waals surface area contributed by atoms with E-state index in [1.54, 1.807) is 0 Å². The summed E-state index contributed by atoms with van der Waals surface area (Å²) in [5.41, 5.74) is 1.20. The molecule has 1 N–H and O–H groups in total. The summed E-state index contributed by atoms with van der Waals surface area (Å²) in [6.07, 6.45) is 4.97. The van der Waals surface area contributed by atoms with Gasteiger partial charge in [0.05, 0.1) is 0 Å². The minimum atomic E-state index is -0.154. The van der Waals surface area contributed by atoms with Crippen molar-refractivity contribution < 1.29 is 4.39 Å². The zero-order valence-electron chi connectivity index (χ0n) is 9.17. The molecule has 0 radical (unpaired) electrons. The molecule has 1 fully saturated rings. The first-order valence-electron chi connectivity index (χ1n) is 5.74. The summed E-state index contributed by atoms with van der Waals surface area (Å²) < 4.78 is 12.7. The van der Waals surface area contributed by atoms with Gasteiger partial charge in [-0.3, -0.25) is 0 Å². The van der Waals surface area contributed by atoms with Crippen LogP contribution in [0.2, 0.25) is 0 Å². The molecule has 1 aromatic carbocycles. The van der Waals surface area contributed by atoms with Gasteiger partial charge in [0.1, 0.15) is 5.82 Å². The van der Waals surface area contributed by atoms with Gasteiger partial charge >= 0.3 is 0 Å². The summed E-state index contributed by atoms with van der Waals surface area (Å²) in [6, 6.07) is 8.01. The molecule has 0 aliphatic heterocycles. The Kier molecular flexibility index (Phi) is 3.37. The van der Waals surface area contributed by atoms with Crippen molar-refractivity contribution in [1.82, 2.24) is 5.32 Å². The van der Waals surface area contributed by atoms with E-state index in [4.69, 9.17) is 0 Å². The largest absolute Gasteiger partial charge is 0.311 e. The van der Waals surface area contributed by atoms with Crippen molar-refractivity contribution >= 4 is 0 Å². The van der Waals surface area contributed by atoms with E-state index in [0.29, 0.717) is 6.04 Å². The molecular formula is C13H18FN. The SMILES string of the molecule is CC(Cc1ccc(F)cc1)NC1CCC1. The third-order valence-corrected chi connectivity index (χ3v) is 3.08. The van der Waals surface area contributed by atoms with Crippen LogP contribution in [0.3, 0.4) is 0 Å². The van der Waals surface area contributed by atoms with Crippen LogP contribution in [0.25, 0.3) is 0 Å². The smallest absolute Gasteiger partial charge is 0.123 e. The van der Waals surface area contributed by atoms with Crippen molar-refractivity contribution in [2.24, 2.45) is 0 Å². The lowest BCUT2D eigenvalue weighted by Gasteiger charge is -2.30. The third kappa shape index (κ3) is 3.03. The molecular weight excluding hydrogens is 189 g/mol. The third-order valence-electron chi connectivity index (χ3n) is 3.08. The van der Waals surface area contributed by atoms with Gasteiger partial charge in [-0.25, -0.2) is 4.39 Å².